The second-order valence-electron chi connectivity index (χ2n) is 11.5. The van der Waals surface area contributed by atoms with Crippen molar-refractivity contribution in [3.8, 4) is 17.2 Å². The molecule has 5 aromatic rings. The molecule has 2 aromatic heterocycles. The molecule has 0 saturated carbocycles. The normalized spacial score (nSPS) is 13.2. The van der Waals surface area contributed by atoms with Crippen molar-refractivity contribution < 1.29 is 23.9 Å². The van der Waals surface area contributed by atoms with Crippen LogP contribution >= 0.6 is 11.6 Å². The molecular weight excluding hydrogens is 636 g/mol. The van der Waals surface area contributed by atoms with Crippen molar-refractivity contribution >= 4 is 40.1 Å². The van der Waals surface area contributed by atoms with E-state index in [4.69, 9.17) is 21.1 Å². The largest absolute Gasteiger partial charge is 0.489 e. The minimum Gasteiger partial charge on any atom is -0.489 e. The van der Waals surface area contributed by atoms with Crippen molar-refractivity contribution in [3.63, 3.8) is 0 Å². The molecule has 3 heterocycles. The van der Waals surface area contributed by atoms with Crippen LogP contribution in [0, 0.1) is 0 Å². The van der Waals surface area contributed by atoms with E-state index in [1.54, 1.807) is 99.8 Å². The zero-order chi connectivity index (χ0) is 33.8. The van der Waals surface area contributed by atoms with Crippen LogP contribution in [0.4, 0.5) is 0 Å². The average molecular weight is 669 g/mol. The first kappa shape index (κ1) is 32.5. The Morgan fingerprint density at radius 2 is 1.67 bits per heavy atom. The number of amides is 2. The van der Waals surface area contributed by atoms with Crippen LogP contribution in [0.5, 0.6) is 11.5 Å². The Kier molecular flexibility index (Phi) is 9.53. The smallest absolute Gasteiger partial charge is 0.290 e. The Morgan fingerprint density at radius 3 is 2.38 bits per heavy atom. The fourth-order valence-electron chi connectivity index (χ4n) is 5.42. The predicted molar refractivity (Wildman–Crippen MR) is 179 cm³/mol. The summed E-state index contributed by atoms with van der Waals surface area (Å²) >= 11 is 5.92. The molecule has 13 heteroatoms. The van der Waals surface area contributed by atoms with Gasteiger partial charge in [0.15, 0.2) is 12.4 Å². The molecule has 1 aliphatic rings. The number of benzene rings is 3. The first-order chi connectivity index (χ1) is 23.2. The first-order valence-electron chi connectivity index (χ1n) is 15.4. The number of piperazine rings is 1. The molecule has 0 unspecified atom stereocenters. The lowest BCUT2D eigenvalue weighted by atomic mass is 10.1. The van der Waals surface area contributed by atoms with E-state index in [1.165, 1.54) is 4.57 Å². The van der Waals surface area contributed by atoms with Gasteiger partial charge in [-0.2, -0.15) is 0 Å². The lowest BCUT2D eigenvalue weighted by Gasteiger charge is -2.34. The van der Waals surface area contributed by atoms with Gasteiger partial charge in [-0.05, 0) is 68.4 Å². The number of hydrogen-bond acceptors (Lipinski definition) is 8. The van der Waals surface area contributed by atoms with Crippen LogP contribution in [0.25, 0.3) is 16.6 Å². The van der Waals surface area contributed by atoms with Gasteiger partial charge in [0.05, 0.1) is 35.6 Å². The minimum atomic E-state index is -0.493. The summed E-state index contributed by atoms with van der Waals surface area (Å²) in [5, 5.41) is 0.868. The number of halogens is 1. The molecule has 1 fully saturated rings. The first-order valence-corrected chi connectivity index (χ1v) is 15.8. The summed E-state index contributed by atoms with van der Waals surface area (Å²) in [4.78, 5) is 66.5. The maximum atomic E-state index is 14.2. The highest BCUT2D eigenvalue weighted by atomic mass is 35.5. The highest BCUT2D eigenvalue weighted by molar-refractivity contribution is 6.30. The summed E-state index contributed by atoms with van der Waals surface area (Å²) in [5.74, 6) is -0.222. The molecular formula is C35H33ClN6O6. The van der Waals surface area contributed by atoms with Crippen molar-refractivity contribution in [2.45, 2.75) is 26.5 Å². The Morgan fingerprint density at radius 1 is 0.938 bits per heavy atom. The number of hydrogen-bond donors (Lipinski definition) is 0. The van der Waals surface area contributed by atoms with Crippen molar-refractivity contribution in [1.82, 2.24) is 28.9 Å². The van der Waals surface area contributed by atoms with E-state index in [0.717, 1.165) is 0 Å². The van der Waals surface area contributed by atoms with Crippen LogP contribution in [0.15, 0.2) is 90.2 Å². The zero-order valence-corrected chi connectivity index (χ0v) is 27.2. The molecule has 1 saturated heterocycles. The van der Waals surface area contributed by atoms with Gasteiger partial charge in [0, 0.05) is 49.2 Å². The van der Waals surface area contributed by atoms with Gasteiger partial charge in [-0.25, -0.2) is 9.97 Å². The second kappa shape index (κ2) is 14.1. The lowest BCUT2D eigenvalue weighted by molar-refractivity contribution is -0.134. The van der Waals surface area contributed by atoms with Gasteiger partial charge < -0.3 is 23.8 Å². The van der Waals surface area contributed by atoms with E-state index in [9.17, 15) is 19.2 Å². The van der Waals surface area contributed by atoms with Crippen LogP contribution < -0.4 is 15.0 Å². The van der Waals surface area contributed by atoms with Gasteiger partial charge in [-0.15, -0.1) is 0 Å². The monoisotopic (exact) mass is 668 g/mol. The summed E-state index contributed by atoms with van der Waals surface area (Å²) in [6.45, 7) is 4.54. The van der Waals surface area contributed by atoms with Crippen LogP contribution in [-0.4, -0.2) is 85.4 Å². The maximum absolute atomic E-state index is 14.2. The van der Waals surface area contributed by atoms with E-state index < -0.39 is 11.5 Å². The van der Waals surface area contributed by atoms with Gasteiger partial charge in [-0.3, -0.25) is 23.7 Å². The summed E-state index contributed by atoms with van der Waals surface area (Å²) < 4.78 is 14.6. The van der Waals surface area contributed by atoms with Gasteiger partial charge >= 0.3 is 0 Å². The summed E-state index contributed by atoms with van der Waals surface area (Å²) in [6, 6.07) is 18.3. The highest BCUT2D eigenvalue weighted by Gasteiger charge is 2.30. The average Bonchev–Trinajstić information content (AvgIpc) is 3.61. The van der Waals surface area contributed by atoms with Gasteiger partial charge in [0.2, 0.25) is 5.82 Å². The number of fused-ring (bicyclic) bond motifs is 1. The van der Waals surface area contributed by atoms with E-state index in [0.29, 0.717) is 33.0 Å². The lowest BCUT2D eigenvalue weighted by Crippen LogP contribution is -2.52. The van der Waals surface area contributed by atoms with E-state index in [1.807, 2.05) is 13.8 Å². The maximum Gasteiger partial charge on any atom is 0.290 e. The van der Waals surface area contributed by atoms with Crippen LogP contribution in [0.1, 0.15) is 34.8 Å². The number of nitrogens with zero attached hydrogens (tertiary/aromatic N) is 6. The predicted octanol–water partition coefficient (Wildman–Crippen LogP) is 4.27. The minimum absolute atomic E-state index is 0.0359. The number of carbonyl (C=O) groups is 3. The standard InChI is InChI=1S/C35H33ClN6O6/c1-23(2)48-31-12-7-24(30(43)20-39-14-13-37-22-39)19-29(31)42-33(38-28-6-4-3-5-27(28)34(42)45)35(46)41-17-15-40(16-18-41)32(44)21-47-26-10-8-25(36)9-11-26/h3-14,19,22-23H,15-18,20-21H2,1-2H3. The number of aromatic nitrogens is 4. The number of carbonyl (C=O) groups excluding carboxylic acids is 3. The zero-order valence-electron chi connectivity index (χ0n) is 26.4. The topological polar surface area (TPSA) is 129 Å². The molecule has 6 rings (SSSR count). The van der Waals surface area contributed by atoms with Gasteiger partial charge in [0.25, 0.3) is 17.4 Å². The van der Waals surface area contributed by atoms with Crippen molar-refractivity contribution in [2.75, 3.05) is 32.8 Å². The highest BCUT2D eigenvalue weighted by Crippen LogP contribution is 2.28. The molecule has 48 heavy (non-hydrogen) atoms. The third-order valence-electron chi connectivity index (χ3n) is 7.83. The molecule has 246 valence electrons. The summed E-state index contributed by atoms with van der Waals surface area (Å²) in [7, 11) is 0. The molecule has 0 bridgehead atoms. The molecule has 0 aliphatic carbocycles. The second-order valence-corrected chi connectivity index (χ2v) is 12.0. The third-order valence-corrected chi connectivity index (χ3v) is 8.08. The van der Waals surface area contributed by atoms with Gasteiger partial charge in [0.1, 0.15) is 11.5 Å². The van der Waals surface area contributed by atoms with Crippen LogP contribution in [0.2, 0.25) is 5.02 Å². The summed E-state index contributed by atoms with van der Waals surface area (Å²) in [5.41, 5.74) is 0.417. The molecule has 0 N–H and O–H groups in total. The number of rotatable bonds is 10. The Labute approximate surface area is 281 Å². The summed E-state index contributed by atoms with van der Waals surface area (Å²) in [6.07, 6.45) is 4.54. The van der Waals surface area contributed by atoms with E-state index >= 15 is 0 Å². The Balaban J connectivity index is 1.31. The molecule has 0 spiro atoms. The molecule has 0 atom stereocenters. The third kappa shape index (κ3) is 7.08. The molecule has 12 nitrogen and oxygen atoms in total. The molecule has 2 amide bonds. The van der Waals surface area contributed by atoms with Crippen molar-refractivity contribution in [1.29, 1.82) is 0 Å². The molecule has 1 aliphatic heterocycles. The Bertz CT molecular complexity index is 2020. The van der Waals surface area contributed by atoms with Crippen LogP contribution in [-0.2, 0) is 11.3 Å². The number of imidazole rings is 1. The number of ether oxygens (including phenoxy) is 2. The van der Waals surface area contributed by atoms with Crippen molar-refractivity contribution in [2.24, 2.45) is 0 Å². The van der Waals surface area contributed by atoms with Crippen LogP contribution in [0.3, 0.4) is 0 Å². The fourth-order valence-corrected chi connectivity index (χ4v) is 5.55. The van der Waals surface area contributed by atoms with E-state index in [-0.39, 0.29) is 68.6 Å². The van der Waals surface area contributed by atoms with Crippen molar-refractivity contribution in [3.05, 3.63) is 112 Å². The number of Topliss-reactive ketones (excluding diaryl/α,β-unsaturated/α-hetero) is 1. The molecule has 0 radical (unpaired) electrons. The molecule has 3 aromatic carbocycles. The fraction of sp³-hybridized carbons (Fsp3) is 0.257. The van der Waals surface area contributed by atoms with E-state index in [2.05, 4.69) is 9.97 Å². The Hall–Kier alpha value is -5.49. The number of para-hydroxylation sites is 1. The number of ketones is 1. The SMILES string of the molecule is CC(C)Oc1ccc(C(=O)Cn2ccnc2)cc1-n1c(C(=O)N2CCN(C(=O)COc3ccc(Cl)cc3)CC2)nc2ccccc2c1=O. The quantitative estimate of drug-likeness (QED) is 0.202. The van der Waals surface area contributed by atoms with Gasteiger partial charge in [-0.1, -0.05) is 23.7 Å².